The lowest BCUT2D eigenvalue weighted by Gasteiger charge is -2.28. The van der Waals surface area contributed by atoms with E-state index < -0.39 is 0 Å². The Balaban J connectivity index is 1.96. The molecule has 0 saturated heterocycles. The molecule has 0 spiro atoms. The molecule has 0 radical (unpaired) electrons. The van der Waals surface area contributed by atoms with Crippen molar-refractivity contribution in [2.45, 2.75) is 27.7 Å². The van der Waals surface area contributed by atoms with Gasteiger partial charge < -0.3 is 0 Å². The quantitative estimate of drug-likeness (QED) is 0.179. The van der Waals surface area contributed by atoms with E-state index in [2.05, 4.69) is 93.3 Å². The smallest absolute Gasteiger partial charge is 0.146 e. The molecule has 0 heterocycles. The highest BCUT2D eigenvalue weighted by Gasteiger charge is 2.22. The number of rotatable bonds is 4. The maximum Gasteiger partial charge on any atom is 0.146 e. The lowest BCUT2D eigenvalue weighted by Crippen LogP contribution is -2.37. The summed E-state index contributed by atoms with van der Waals surface area (Å²) in [5, 5.41) is 0. The number of anilines is 1. The van der Waals surface area contributed by atoms with Gasteiger partial charge in [-0.15, -0.1) is 0 Å². The van der Waals surface area contributed by atoms with Crippen LogP contribution in [0.4, 0.5) is 11.4 Å². The second-order valence-corrected chi connectivity index (χ2v) is 8.73. The first-order chi connectivity index (χ1) is 15.9. The largest absolute Gasteiger partial charge is 0.284 e. The number of amidine groups is 1. The molecular weight excluding hydrogens is 420 g/mol. The number of hydrogen-bond donors (Lipinski definition) is 0. The van der Waals surface area contributed by atoms with Gasteiger partial charge in [0.25, 0.3) is 0 Å². The number of benzene rings is 4. The van der Waals surface area contributed by atoms with E-state index in [1.54, 1.807) is 0 Å². The molecule has 0 aromatic heterocycles. The molecule has 0 aliphatic carbocycles. The van der Waals surface area contributed by atoms with Crippen LogP contribution >= 0.6 is 12.2 Å². The molecule has 164 valence electrons. The summed E-state index contributed by atoms with van der Waals surface area (Å²) >= 11 is 6.08. The zero-order valence-corrected chi connectivity index (χ0v) is 20.4. The van der Waals surface area contributed by atoms with Crippen molar-refractivity contribution in [1.29, 1.82) is 0 Å². The van der Waals surface area contributed by atoms with Crippen LogP contribution in [0, 0.1) is 27.7 Å². The molecule has 0 aliphatic rings. The third-order valence-corrected chi connectivity index (χ3v) is 6.36. The molecule has 0 N–H and O–H groups in total. The van der Waals surface area contributed by atoms with E-state index in [1.165, 1.54) is 22.3 Å². The SMILES string of the molecule is Cc1ccc(N=C(c2ccccc2)N(C(=S)c2ccccc2)c2ccc(C)c(C)c2)cc1C. The molecule has 33 heavy (non-hydrogen) atoms. The van der Waals surface area contributed by atoms with E-state index in [0.717, 1.165) is 28.3 Å². The van der Waals surface area contributed by atoms with Crippen LogP contribution in [0.2, 0.25) is 0 Å². The average molecular weight is 449 g/mol. The van der Waals surface area contributed by atoms with Gasteiger partial charge in [-0.05, 0) is 74.2 Å². The minimum Gasteiger partial charge on any atom is -0.284 e. The number of aliphatic imine (C=N–C) groups is 1. The molecule has 0 amide bonds. The van der Waals surface area contributed by atoms with Gasteiger partial charge in [-0.1, -0.05) is 85.0 Å². The summed E-state index contributed by atoms with van der Waals surface area (Å²) < 4.78 is 0. The van der Waals surface area contributed by atoms with Crippen LogP contribution in [0.3, 0.4) is 0 Å². The lowest BCUT2D eigenvalue weighted by molar-refractivity contribution is 1.29. The second-order valence-electron chi connectivity index (χ2n) is 8.35. The molecule has 3 heteroatoms. The molecule has 0 saturated carbocycles. The monoisotopic (exact) mass is 448 g/mol. The maximum atomic E-state index is 6.08. The Kier molecular flexibility index (Phi) is 6.81. The number of hydrogen-bond acceptors (Lipinski definition) is 2. The minimum atomic E-state index is 0.713. The summed E-state index contributed by atoms with van der Waals surface area (Å²) in [5.74, 6) is 0.802. The van der Waals surface area contributed by atoms with Gasteiger partial charge in [0.2, 0.25) is 0 Å². The summed E-state index contributed by atoms with van der Waals surface area (Å²) in [6.45, 7) is 8.49. The molecule has 4 rings (SSSR count). The maximum absolute atomic E-state index is 6.08. The molecule has 0 fully saturated rings. The molecular formula is C30H28N2S. The summed E-state index contributed by atoms with van der Waals surface area (Å²) in [5.41, 5.74) is 8.82. The van der Waals surface area contributed by atoms with Crippen LogP contribution in [0.25, 0.3) is 0 Å². The van der Waals surface area contributed by atoms with E-state index in [4.69, 9.17) is 17.2 Å². The zero-order valence-electron chi connectivity index (χ0n) is 19.5. The highest BCUT2D eigenvalue weighted by atomic mass is 32.1. The van der Waals surface area contributed by atoms with Crippen LogP contribution in [0.15, 0.2) is 102 Å². The van der Waals surface area contributed by atoms with Crippen molar-refractivity contribution in [2.75, 3.05) is 4.90 Å². The Morgan fingerprint density at radius 1 is 0.606 bits per heavy atom. The molecule has 0 bridgehead atoms. The van der Waals surface area contributed by atoms with Gasteiger partial charge in [-0.2, -0.15) is 0 Å². The summed E-state index contributed by atoms with van der Waals surface area (Å²) in [7, 11) is 0. The number of thiocarbonyl (C=S) groups is 1. The van der Waals surface area contributed by atoms with Crippen molar-refractivity contribution >= 4 is 34.4 Å². The van der Waals surface area contributed by atoms with E-state index in [-0.39, 0.29) is 0 Å². The normalized spacial score (nSPS) is 11.3. The lowest BCUT2D eigenvalue weighted by atomic mass is 10.1. The fourth-order valence-electron chi connectivity index (χ4n) is 3.66. The number of nitrogens with zero attached hydrogens (tertiary/aromatic N) is 2. The minimum absolute atomic E-state index is 0.713. The van der Waals surface area contributed by atoms with Crippen molar-refractivity contribution in [3.63, 3.8) is 0 Å². The first-order valence-electron chi connectivity index (χ1n) is 11.1. The van der Waals surface area contributed by atoms with Crippen LogP contribution in [-0.4, -0.2) is 10.8 Å². The molecule has 0 unspecified atom stereocenters. The third kappa shape index (κ3) is 5.10. The van der Waals surface area contributed by atoms with Gasteiger partial charge in [0, 0.05) is 16.8 Å². The fraction of sp³-hybridized carbons (Fsp3) is 0.133. The second kappa shape index (κ2) is 9.93. The standard InChI is InChI=1S/C30H28N2S/c1-21-15-17-27(19-23(21)3)31-29(25-11-7-5-8-12-25)32(28-18-16-22(2)24(4)20-28)30(33)26-13-9-6-10-14-26/h5-20H,1-4H3. The van der Waals surface area contributed by atoms with Gasteiger partial charge in [-0.25, -0.2) is 4.99 Å². The van der Waals surface area contributed by atoms with E-state index in [9.17, 15) is 0 Å². The summed E-state index contributed by atoms with van der Waals surface area (Å²) in [6, 6.07) is 33.2. The predicted molar refractivity (Wildman–Crippen MR) is 145 cm³/mol. The fourth-order valence-corrected chi connectivity index (χ4v) is 3.99. The van der Waals surface area contributed by atoms with Crippen molar-refractivity contribution in [3.8, 4) is 0 Å². The van der Waals surface area contributed by atoms with Crippen molar-refractivity contribution in [3.05, 3.63) is 130 Å². The van der Waals surface area contributed by atoms with Gasteiger partial charge >= 0.3 is 0 Å². The predicted octanol–water partition coefficient (Wildman–Crippen LogP) is 7.88. The highest BCUT2D eigenvalue weighted by Crippen LogP contribution is 2.27. The van der Waals surface area contributed by atoms with Crippen molar-refractivity contribution < 1.29 is 0 Å². The van der Waals surface area contributed by atoms with Crippen LogP contribution in [0.5, 0.6) is 0 Å². The van der Waals surface area contributed by atoms with E-state index in [0.29, 0.717) is 4.99 Å². The summed E-state index contributed by atoms with van der Waals surface area (Å²) in [4.78, 5) is 7.97. The first kappa shape index (κ1) is 22.6. The Hall–Kier alpha value is -3.56. The number of aryl methyl sites for hydroxylation is 4. The first-order valence-corrected chi connectivity index (χ1v) is 11.5. The van der Waals surface area contributed by atoms with Gasteiger partial charge in [0.15, 0.2) is 0 Å². The van der Waals surface area contributed by atoms with Crippen LogP contribution < -0.4 is 4.90 Å². The molecule has 4 aromatic carbocycles. The van der Waals surface area contributed by atoms with Crippen LogP contribution in [-0.2, 0) is 0 Å². The van der Waals surface area contributed by atoms with Gasteiger partial charge in [0.1, 0.15) is 10.8 Å². The molecule has 0 atom stereocenters. The zero-order chi connectivity index (χ0) is 23.4. The molecule has 4 aromatic rings. The Bertz CT molecular complexity index is 1310. The average Bonchev–Trinajstić information content (AvgIpc) is 2.84. The Morgan fingerprint density at radius 2 is 1.15 bits per heavy atom. The van der Waals surface area contributed by atoms with Crippen molar-refractivity contribution in [1.82, 2.24) is 0 Å². The van der Waals surface area contributed by atoms with E-state index in [1.807, 2.05) is 36.4 Å². The Morgan fingerprint density at radius 3 is 1.73 bits per heavy atom. The van der Waals surface area contributed by atoms with Gasteiger partial charge in [-0.3, -0.25) is 4.90 Å². The summed E-state index contributed by atoms with van der Waals surface area (Å²) in [6.07, 6.45) is 0. The molecule has 2 nitrogen and oxygen atoms in total. The van der Waals surface area contributed by atoms with E-state index >= 15 is 0 Å². The topological polar surface area (TPSA) is 15.6 Å². The highest BCUT2D eigenvalue weighted by molar-refractivity contribution is 7.81. The van der Waals surface area contributed by atoms with Crippen molar-refractivity contribution in [2.24, 2.45) is 4.99 Å². The van der Waals surface area contributed by atoms with Crippen LogP contribution in [0.1, 0.15) is 33.4 Å². The van der Waals surface area contributed by atoms with Gasteiger partial charge in [0.05, 0.1) is 5.69 Å². The third-order valence-electron chi connectivity index (χ3n) is 5.94. The Labute approximate surface area is 202 Å². The molecule has 0 aliphatic heterocycles.